The SMILES string of the molecule is CCN(CC)S(=O)(=O)c1ccc(SCC(=O)Nc2ccc3c(c2)OC2(CCCCC2)O3)nc1. The normalized spacial score (nSPS) is 16.8. The summed E-state index contributed by atoms with van der Waals surface area (Å²) >= 11 is 1.24. The Hall–Kier alpha value is -2.30. The number of thioether (sulfide) groups is 1. The molecular weight excluding hydrogens is 462 g/mol. The zero-order valence-corrected chi connectivity index (χ0v) is 20.5. The van der Waals surface area contributed by atoms with E-state index in [4.69, 9.17) is 9.47 Å². The number of pyridine rings is 1. The Balaban J connectivity index is 1.32. The van der Waals surface area contributed by atoms with Crippen molar-refractivity contribution in [3.8, 4) is 11.5 Å². The zero-order chi connectivity index (χ0) is 23.5. The van der Waals surface area contributed by atoms with E-state index in [0.29, 0.717) is 35.3 Å². The van der Waals surface area contributed by atoms with Crippen molar-refractivity contribution in [3.63, 3.8) is 0 Å². The third-order valence-corrected chi connectivity index (χ3v) is 8.82. The van der Waals surface area contributed by atoms with E-state index in [1.165, 1.54) is 34.8 Å². The van der Waals surface area contributed by atoms with Gasteiger partial charge in [-0.15, -0.1) is 0 Å². The van der Waals surface area contributed by atoms with Crippen molar-refractivity contribution in [1.29, 1.82) is 0 Å². The maximum absolute atomic E-state index is 12.6. The van der Waals surface area contributed by atoms with Crippen molar-refractivity contribution in [2.24, 2.45) is 0 Å². The minimum atomic E-state index is -3.55. The fourth-order valence-corrected chi connectivity index (χ4v) is 6.17. The minimum absolute atomic E-state index is 0.146. The molecule has 1 saturated carbocycles. The number of benzene rings is 1. The summed E-state index contributed by atoms with van der Waals surface area (Å²) < 4.78 is 38.7. The summed E-state index contributed by atoms with van der Waals surface area (Å²) in [5.74, 6) is 0.790. The lowest BCUT2D eigenvalue weighted by atomic mass is 9.94. The van der Waals surface area contributed by atoms with E-state index in [2.05, 4.69) is 10.3 Å². The summed E-state index contributed by atoms with van der Waals surface area (Å²) in [6.45, 7) is 4.39. The molecule has 33 heavy (non-hydrogen) atoms. The minimum Gasteiger partial charge on any atom is -0.448 e. The number of carbonyl (C=O) groups is 1. The molecule has 0 bridgehead atoms. The van der Waals surface area contributed by atoms with Crippen molar-refractivity contribution in [2.45, 2.75) is 61.7 Å². The number of amides is 1. The topological polar surface area (TPSA) is 97.8 Å². The van der Waals surface area contributed by atoms with Crippen LogP contribution in [0.3, 0.4) is 0 Å². The molecule has 0 unspecified atom stereocenters. The van der Waals surface area contributed by atoms with Crippen molar-refractivity contribution in [2.75, 3.05) is 24.2 Å². The Bertz CT molecular complexity index is 1100. The van der Waals surface area contributed by atoms with E-state index >= 15 is 0 Å². The summed E-state index contributed by atoms with van der Waals surface area (Å²) in [5.41, 5.74) is 0.643. The second-order valence-electron chi connectivity index (χ2n) is 8.10. The molecule has 4 rings (SSSR count). The standard InChI is InChI=1S/C23H29N3O5S2/c1-3-26(4-2)33(28,29)18-9-11-22(24-15-18)32-16-21(27)25-17-8-10-19-20(14-17)31-23(30-19)12-6-5-7-13-23/h8-11,14-15H,3-7,12-13,16H2,1-2H3,(H,25,27). The quantitative estimate of drug-likeness (QED) is 0.551. The van der Waals surface area contributed by atoms with Gasteiger partial charge in [-0.2, -0.15) is 4.31 Å². The molecule has 2 heterocycles. The first-order chi connectivity index (χ1) is 15.8. The molecule has 10 heteroatoms. The van der Waals surface area contributed by atoms with Gasteiger partial charge in [-0.05, 0) is 37.1 Å². The fraction of sp³-hybridized carbons (Fsp3) is 0.478. The molecule has 1 spiro atoms. The summed E-state index contributed by atoms with van der Waals surface area (Å²) in [6.07, 6.45) is 6.47. The largest absolute Gasteiger partial charge is 0.448 e. The average Bonchev–Trinajstić information content (AvgIpc) is 3.15. The zero-order valence-electron chi connectivity index (χ0n) is 18.9. The molecule has 0 saturated heterocycles. The number of rotatable bonds is 8. The predicted molar refractivity (Wildman–Crippen MR) is 127 cm³/mol. The van der Waals surface area contributed by atoms with Crippen molar-refractivity contribution >= 4 is 33.4 Å². The molecule has 2 aliphatic rings. The molecule has 2 aromatic rings. The number of sulfonamides is 1. The van der Waals surface area contributed by atoms with Crippen LogP contribution >= 0.6 is 11.8 Å². The van der Waals surface area contributed by atoms with Gasteiger partial charge in [0.05, 0.1) is 10.8 Å². The summed E-state index contributed by atoms with van der Waals surface area (Å²) in [6, 6.07) is 8.58. The summed E-state index contributed by atoms with van der Waals surface area (Å²) in [4.78, 5) is 16.8. The van der Waals surface area contributed by atoms with Gasteiger partial charge in [0.2, 0.25) is 15.9 Å². The lowest BCUT2D eigenvalue weighted by molar-refractivity contribution is -0.113. The lowest BCUT2D eigenvalue weighted by Gasteiger charge is -2.31. The molecule has 0 atom stereocenters. The van der Waals surface area contributed by atoms with E-state index in [0.717, 1.165) is 25.7 Å². The van der Waals surface area contributed by atoms with Gasteiger partial charge >= 0.3 is 0 Å². The average molecular weight is 492 g/mol. The molecule has 1 aromatic carbocycles. The highest BCUT2D eigenvalue weighted by Crippen LogP contribution is 2.46. The first-order valence-electron chi connectivity index (χ1n) is 11.3. The summed E-state index contributed by atoms with van der Waals surface area (Å²) in [7, 11) is -3.55. The smallest absolute Gasteiger partial charge is 0.251 e. The number of aromatic nitrogens is 1. The number of fused-ring (bicyclic) bond motifs is 1. The number of hydrogen-bond acceptors (Lipinski definition) is 7. The lowest BCUT2D eigenvalue weighted by Crippen LogP contribution is -2.40. The second-order valence-corrected chi connectivity index (χ2v) is 11.0. The van der Waals surface area contributed by atoms with Gasteiger partial charge in [0.15, 0.2) is 11.5 Å². The van der Waals surface area contributed by atoms with Crippen LogP contribution in [0.2, 0.25) is 0 Å². The Labute approximate surface area is 199 Å². The van der Waals surface area contributed by atoms with Crippen LogP contribution in [0, 0.1) is 0 Å². The van der Waals surface area contributed by atoms with Crippen LogP contribution in [0.15, 0.2) is 46.5 Å². The molecule has 1 aliphatic heterocycles. The molecule has 178 valence electrons. The van der Waals surface area contributed by atoms with Gasteiger partial charge in [0.25, 0.3) is 5.79 Å². The highest BCUT2D eigenvalue weighted by atomic mass is 32.2. The third-order valence-electron chi connectivity index (χ3n) is 5.84. The van der Waals surface area contributed by atoms with E-state index in [1.807, 2.05) is 6.07 Å². The molecule has 8 nitrogen and oxygen atoms in total. The predicted octanol–water partition coefficient (Wildman–Crippen LogP) is 4.27. The van der Waals surface area contributed by atoms with Crippen LogP contribution in [0.4, 0.5) is 5.69 Å². The highest BCUT2D eigenvalue weighted by molar-refractivity contribution is 7.99. The van der Waals surface area contributed by atoms with Crippen LogP contribution in [-0.2, 0) is 14.8 Å². The van der Waals surface area contributed by atoms with Crippen LogP contribution in [-0.4, -0.2) is 48.2 Å². The maximum atomic E-state index is 12.6. The van der Waals surface area contributed by atoms with Gasteiger partial charge in [0.1, 0.15) is 4.90 Å². The van der Waals surface area contributed by atoms with Crippen LogP contribution in [0.5, 0.6) is 11.5 Å². The van der Waals surface area contributed by atoms with Crippen LogP contribution in [0.1, 0.15) is 46.0 Å². The van der Waals surface area contributed by atoms with Crippen molar-refractivity contribution < 1.29 is 22.7 Å². The Kier molecular flexibility index (Phi) is 7.16. The molecule has 1 fully saturated rings. The van der Waals surface area contributed by atoms with Gasteiger partial charge in [0, 0.05) is 43.9 Å². The van der Waals surface area contributed by atoms with Crippen LogP contribution < -0.4 is 14.8 Å². The Morgan fingerprint density at radius 2 is 1.82 bits per heavy atom. The summed E-state index contributed by atoms with van der Waals surface area (Å²) in [5, 5.41) is 3.45. The number of nitrogens with zero attached hydrogens (tertiary/aromatic N) is 2. The van der Waals surface area contributed by atoms with E-state index in [-0.39, 0.29) is 16.6 Å². The van der Waals surface area contributed by atoms with E-state index in [1.54, 1.807) is 32.0 Å². The fourth-order valence-electron chi connectivity index (χ4n) is 4.12. The van der Waals surface area contributed by atoms with Gasteiger partial charge in [-0.25, -0.2) is 13.4 Å². The Morgan fingerprint density at radius 3 is 2.48 bits per heavy atom. The van der Waals surface area contributed by atoms with Gasteiger partial charge in [-0.1, -0.05) is 32.0 Å². The second kappa shape index (κ2) is 9.90. The third kappa shape index (κ3) is 5.28. The number of carbonyl (C=O) groups excluding carboxylic acids is 1. The Morgan fingerprint density at radius 1 is 1.09 bits per heavy atom. The van der Waals surface area contributed by atoms with E-state index in [9.17, 15) is 13.2 Å². The van der Waals surface area contributed by atoms with E-state index < -0.39 is 15.8 Å². The maximum Gasteiger partial charge on any atom is 0.251 e. The first kappa shape index (κ1) is 23.8. The number of nitrogens with one attached hydrogen (secondary N) is 1. The molecule has 1 N–H and O–H groups in total. The van der Waals surface area contributed by atoms with Gasteiger partial charge < -0.3 is 14.8 Å². The van der Waals surface area contributed by atoms with Crippen molar-refractivity contribution in [1.82, 2.24) is 9.29 Å². The molecule has 1 aliphatic carbocycles. The molecule has 1 aromatic heterocycles. The number of anilines is 1. The number of hydrogen-bond donors (Lipinski definition) is 1. The monoisotopic (exact) mass is 491 g/mol. The van der Waals surface area contributed by atoms with Crippen molar-refractivity contribution in [3.05, 3.63) is 36.5 Å². The molecule has 0 radical (unpaired) electrons. The molecular formula is C23H29N3O5S2. The van der Waals surface area contributed by atoms with Crippen LogP contribution in [0.25, 0.3) is 0 Å². The first-order valence-corrected chi connectivity index (χ1v) is 13.7. The van der Waals surface area contributed by atoms with Gasteiger partial charge in [-0.3, -0.25) is 4.79 Å². The molecule has 1 amide bonds. The number of ether oxygens (including phenoxy) is 2. The highest BCUT2D eigenvalue weighted by Gasteiger charge is 2.42.